The minimum absolute atomic E-state index is 0.310. The maximum atomic E-state index is 10.3. The van der Waals surface area contributed by atoms with Crippen LogP contribution < -0.4 is 0 Å². The molecule has 3 unspecified atom stereocenters. The second kappa shape index (κ2) is 15.7. The predicted octanol–water partition coefficient (Wildman–Crippen LogP) is 2.43. The van der Waals surface area contributed by atoms with Crippen molar-refractivity contribution >= 4 is 0 Å². The Hall–Kier alpha value is -1.13. The number of aromatic nitrogens is 1. The van der Waals surface area contributed by atoms with E-state index in [2.05, 4.69) is 18.0 Å². The van der Waals surface area contributed by atoms with Crippen LogP contribution in [0.4, 0.5) is 0 Å². The van der Waals surface area contributed by atoms with E-state index in [0.29, 0.717) is 12.5 Å². The van der Waals surface area contributed by atoms with E-state index >= 15 is 0 Å². The fourth-order valence-electron chi connectivity index (χ4n) is 4.43. The molecule has 190 valence electrons. The summed E-state index contributed by atoms with van der Waals surface area (Å²) in [5.41, 5.74) is 1.32. The number of aliphatic hydroxyl groups is 4. The maximum Gasteiger partial charge on any atom is 0.162 e. The van der Waals surface area contributed by atoms with E-state index in [1.807, 2.05) is 18.5 Å². The van der Waals surface area contributed by atoms with E-state index in [4.69, 9.17) is 9.57 Å². The highest BCUT2D eigenvalue weighted by Gasteiger charge is 2.46. The molecule has 1 saturated heterocycles. The summed E-state index contributed by atoms with van der Waals surface area (Å²) in [5.74, 6) is 0.310. The predicted molar refractivity (Wildman–Crippen MR) is 126 cm³/mol. The summed E-state index contributed by atoms with van der Waals surface area (Å²) >= 11 is 0. The van der Waals surface area contributed by atoms with Crippen LogP contribution in [0, 0.1) is 5.92 Å². The van der Waals surface area contributed by atoms with Crippen molar-refractivity contribution in [2.45, 2.75) is 102 Å². The molecule has 1 aliphatic heterocycles. The van der Waals surface area contributed by atoms with Crippen LogP contribution in [0.5, 0.6) is 0 Å². The van der Waals surface area contributed by atoms with Gasteiger partial charge in [-0.3, -0.25) is 9.82 Å². The van der Waals surface area contributed by atoms with Crippen molar-refractivity contribution in [3.8, 4) is 0 Å². The summed E-state index contributed by atoms with van der Waals surface area (Å²) in [6, 6.07) is 4.14. The molecular formula is C25H44N2O6. The molecule has 4 N–H and O–H groups in total. The number of aryl methyl sites for hydroxylation is 1. The summed E-state index contributed by atoms with van der Waals surface area (Å²) in [4.78, 5) is 9.56. The van der Waals surface area contributed by atoms with Crippen LogP contribution in [0.25, 0.3) is 0 Å². The van der Waals surface area contributed by atoms with Gasteiger partial charge in [-0.2, -0.15) is 5.06 Å². The number of aliphatic hydroxyl groups excluding tert-OH is 4. The maximum absolute atomic E-state index is 10.3. The van der Waals surface area contributed by atoms with Gasteiger partial charge in [0.2, 0.25) is 0 Å². The fourth-order valence-corrected chi connectivity index (χ4v) is 4.43. The van der Waals surface area contributed by atoms with Crippen LogP contribution in [0.1, 0.15) is 70.3 Å². The Morgan fingerprint density at radius 3 is 2.27 bits per heavy atom. The highest BCUT2D eigenvalue weighted by Crippen LogP contribution is 2.25. The van der Waals surface area contributed by atoms with E-state index < -0.39 is 37.3 Å². The van der Waals surface area contributed by atoms with Crippen molar-refractivity contribution < 1.29 is 30.0 Å². The molecule has 0 spiro atoms. The highest BCUT2D eigenvalue weighted by molar-refractivity contribution is 5.08. The van der Waals surface area contributed by atoms with Gasteiger partial charge in [0.1, 0.15) is 24.4 Å². The third-order valence-corrected chi connectivity index (χ3v) is 6.51. The lowest BCUT2D eigenvalue weighted by atomic mass is 9.97. The first kappa shape index (κ1) is 28.1. The molecule has 2 rings (SSSR count). The summed E-state index contributed by atoms with van der Waals surface area (Å²) in [6.07, 6.45) is 9.91. The smallest absolute Gasteiger partial charge is 0.162 e. The second-order valence-electron chi connectivity index (χ2n) is 9.34. The van der Waals surface area contributed by atoms with Gasteiger partial charge in [0.05, 0.1) is 13.7 Å². The van der Waals surface area contributed by atoms with E-state index in [9.17, 15) is 20.4 Å². The fraction of sp³-hybridized carbons (Fsp3) is 0.800. The van der Waals surface area contributed by atoms with Gasteiger partial charge in [-0.05, 0) is 36.8 Å². The topological polar surface area (TPSA) is 116 Å². The zero-order valence-electron chi connectivity index (χ0n) is 20.3. The monoisotopic (exact) mass is 468 g/mol. The number of nitrogens with zero attached hydrogens (tertiary/aromatic N) is 2. The van der Waals surface area contributed by atoms with Gasteiger partial charge in [-0.25, -0.2) is 0 Å². The molecule has 33 heavy (non-hydrogen) atoms. The first-order valence-corrected chi connectivity index (χ1v) is 12.5. The molecule has 0 aliphatic carbocycles. The molecule has 8 heteroatoms. The van der Waals surface area contributed by atoms with Crippen molar-refractivity contribution in [2.24, 2.45) is 5.92 Å². The molecule has 0 radical (unpaired) electrons. The second-order valence-corrected chi connectivity index (χ2v) is 9.34. The van der Waals surface area contributed by atoms with Crippen molar-refractivity contribution in [3.05, 3.63) is 30.1 Å². The van der Waals surface area contributed by atoms with Crippen LogP contribution in [-0.4, -0.2) is 81.4 Å². The lowest BCUT2D eigenvalue weighted by Gasteiger charge is -2.44. The minimum Gasteiger partial charge on any atom is -0.394 e. The Bertz CT molecular complexity index is 620. The molecule has 0 aromatic carbocycles. The van der Waals surface area contributed by atoms with Crippen molar-refractivity contribution in [1.29, 1.82) is 0 Å². The SMILES string of the molecule is CON(CC(C)CCCCCCCCCCc1cccnc1)[C@@H]1OC(CO)[C@H](O)[C@H](O)C1O. The Morgan fingerprint density at radius 2 is 1.67 bits per heavy atom. The Kier molecular flexibility index (Phi) is 13.4. The summed E-state index contributed by atoms with van der Waals surface area (Å²) in [7, 11) is 1.49. The lowest BCUT2D eigenvalue weighted by Crippen LogP contribution is -2.63. The van der Waals surface area contributed by atoms with E-state index in [-0.39, 0.29) is 0 Å². The Balaban J connectivity index is 1.54. The summed E-state index contributed by atoms with van der Waals surface area (Å²) in [5, 5.41) is 41.1. The number of hydrogen-bond donors (Lipinski definition) is 4. The number of hydrogen-bond acceptors (Lipinski definition) is 8. The Morgan fingerprint density at radius 1 is 1.00 bits per heavy atom. The molecule has 1 aromatic heterocycles. The average Bonchev–Trinajstić information content (AvgIpc) is 2.83. The van der Waals surface area contributed by atoms with Gasteiger partial charge in [0.15, 0.2) is 6.23 Å². The minimum atomic E-state index is -1.40. The van der Waals surface area contributed by atoms with Crippen molar-refractivity contribution in [2.75, 3.05) is 20.3 Å². The third kappa shape index (κ3) is 9.56. The highest BCUT2D eigenvalue weighted by atomic mass is 16.7. The van der Waals surface area contributed by atoms with Crippen LogP contribution in [0.15, 0.2) is 24.5 Å². The van der Waals surface area contributed by atoms with Gasteiger partial charge < -0.3 is 25.2 Å². The van der Waals surface area contributed by atoms with Crippen molar-refractivity contribution in [1.82, 2.24) is 10.0 Å². The average molecular weight is 469 g/mol. The van der Waals surface area contributed by atoms with Gasteiger partial charge in [0, 0.05) is 18.9 Å². The lowest BCUT2D eigenvalue weighted by molar-refractivity contribution is -0.330. The first-order chi connectivity index (χ1) is 16.0. The van der Waals surface area contributed by atoms with Crippen LogP contribution >= 0.6 is 0 Å². The van der Waals surface area contributed by atoms with Gasteiger partial charge in [-0.1, -0.05) is 57.9 Å². The largest absolute Gasteiger partial charge is 0.394 e. The van der Waals surface area contributed by atoms with Crippen LogP contribution in [0.3, 0.4) is 0 Å². The normalized spacial score (nSPS) is 26.6. The van der Waals surface area contributed by atoms with Crippen LogP contribution in [0.2, 0.25) is 0 Å². The molecule has 0 amide bonds. The van der Waals surface area contributed by atoms with E-state index in [1.54, 1.807) is 0 Å². The molecule has 0 saturated carbocycles. The van der Waals surface area contributed by atoms with E-state index in [1.165, 1.54) is 62.7 Å². The molecule has 1 aromatic rings. The quantitative estimate of drug-likeness (QED) is 0.216. The zero-order chi connectivity index (χ0) is 24.1. The number of unbranched alkanes of at least 4 members (excludes halogenated alkanes) is 7. The molecule has 1 fully saturated rings. The first-order valence-electron chi connectivity index (χ1n) is 12.5. The molecule has 0 bridgehead atoms. The molecule has 1 aliphatic rings. The number of rotatable bonds is 16. The van der Waals surface area contributed by atoms with Crippen LogP contribution in [-0.2, 0) is 16.0 Å². The number of pyridine rings is 1. The van der Waals surface area contributed by atoms with Gasteiger partial charge >= 0.3 is 0 Å². The molecule has 2 heterocycles. The molecule has 8 nitrogen and oxygen atoms in total. The summed E-state index contributed by atoms with van der Waals surface area (Å²) < 4.78 is 5.60. The Labute approximate surface area is 198 Å². The molecule has 6 atom stereocenters. The van der Waals surface area contributed by atoms with Gasteiger partial charge in [-0.15, -0.1) is 0 Å². The van der Waals surface area contributed by atoms with Gasteiger partial charge in [0.25, 0.3) is 0 Å². The van der Waals surface area contributed by atoms with Crippen molar-refractivity contribution in [3.63, 3.8) is 0 Å². The number of hydroxylamine groups is 2. The standard InChI is InChI=1S/C25H44N2O6/c1-19(17-27(32-2)25-24(31)23(30)22(29)21(18-28)33-25)12-9-7-5-3-4-6-8-10-13-20-14-11-15-26-16-20/h11,14-16,19,21-25,28-31H,3-10,12-13,17-18H2,1-2H3/t19?,21?,22-,23-,24?,25+/m0/s1. The zero-order valence-corrected chi connectivity index (χ0v) is 20.3. The number of ether oxygens (including phenoxy) is 1. The summed E-state index contributed by atoms with van der Waals surface area (Å²) in [6.45, 7) is 2.20. The third-order valence-electron chi connectivity index (χ3n) is 6.51. The molecular weight excluding hydrogens is 424 g/mol. The van der Waals surface area contributed by atoms with E-state index in [0.717, 1.165) is 19.3 Å².